The fourth-order valence-electron chi connectivity index (χ4n) is 5.63. The summed E-state index contributed by atoms with van der Waals surface area (Å²) in [6.07, 6.45) is 11.2. The van der Waals surface area contributed by atoms with Gasteiger partial charge in [0, 0.05) is 17.7 Å². The van der Waals surface area contributed by atoms with Gasteiger partial charge in [-0.05, 0) is 55.1 Å². The predicted molar refractivity (Wildman–Crippen MR) is 124 cm³/mol. The Hall–Kier alpha value is -1.10. The van der Waals surface area contributed by atoms with Crippen LogP contribution in [0.5, 0.6) is 0 Å². The minimum Gasteiger partial charge on any atom is -0.469 e. The maximum Gasteiger partial charge on any atom is 0.305 e. The Bertz CT molecular complexity index is 670. The number of hydrogen-bond donors (Lipinski definition) is 2. The van der Waals surface area contributed by atoms with Gasteiger partial charge in [-0.1, -0.05) is 62.8 Å². The van der Waals surface area contributed by atoms with Crippen molar-refractivity contribution in [1.29, 1.82) is 0 Å². The zero-order chi connectivity index (χ0) is 22.2. The van der Waals surface area contributed by atoms with Gasteiger partial charge in [0.15, 0.2) is 0 Å². The summed E-state index contributed by atoms with van der Waals surface area (Å²) in [5.74, 6) is 0.539. The van der Waals surface area contributed by atoms with Crippen LogP contribution in [0.15, 0.2) is 24.3 Å². The largest absolute Gasteiger partial charge is 0.469 e. The highest BCUT2D eigenvalue weighted by molar-refractivity contribution is 6.21. The smallest absolute Gasteiger partial charge is 0.305 e. The molecule has 0 saturated heterocycles. The summed E-state index contributed by atoms with van der Waals surface area (Å²) in [6.45, 7) is 0. The molecule has 1 aromatic rings. The van der Waals surface area contributed by atoms with Gasteiger partial charge in [-0.2, -0.15) is 0 Å². The van der Waals surface area contributed by atoms with E-state index in [1.807, 2.05) is 12.1 Å². The fraction of sp³-hybridized carbons (Fsp3) is 0.731. The molecule has 31 heavy (non-hydrogen) atoms. The number of rotatable bonds is 10. The molecule has 1 aromatic carbocycles. The average molecular weight is 451 g/mol. The lowest BCUT2D eigenvalue weighted by molar-refractivity contribution is -0.140. The number of carbonyl (C=O) groups is 1. The lowest BCUT2D eigenvalue weighted by Gasteiger charge is -2.28. The van der Waals surface area contributed by atoms with E-state index in [-0.39, 0.29) is 29.3 Å². The number of alkyl halides is 1. The third kappa shape index (κ3) is 6.69. The van der Waals surface area contributed by atoms with E-state index in [1.165, 1.54) is 26.4 Å². The lowest BCUT2D eigenvalue weighted by Crippen LogP contribution is -2.19. The number of esters is 1. The first-order valence-corrected chi connectivity index (χ1v) is 12.6. The topological polar surface area (TPSA) is 66.8 Å². The van der Waals surface area contributed by atoms with E-state index in [1.54, 1.807) is 0 Å². The van der Waals surface area contributed by atoms with Crippen LogP contribution in [-0.2, 0) is 9.53 Å². The summed E-state index contributed by atoms with van der Waals surface area (Å²) < 4.78 is 4.68. The number of halogens is 1. The maximum atomic E-state index is 11.2. The monoisotopic (exact) mass is 450 g/mol. The number of carbonyl (C=O) groups excluding carboxylic acids is 1. The molecule has 5 atom stereocenters. The molecule has 5 unspecified atom stereocenters. The molecular weight excluding hydrogens is 412 g/mol. The fourth-order valence-corrected chi connectivity index (χ4v) is 6.10. The first kappa shape index (κ1) is 24.5. The van der Waals surface area contributed by atoms with Crippen LogP contribution >= 0.6 is 11.6 Å². The van der Waals surface area contributed by atoms with Crippen molar-refractivity contribution in [1.82, 2.24) is 0 Å². The number of hydrogen-bond acceptors (Lipinski definition) is 4. The Morgan fingerprint density at radius 1 is 1.10 bits per heavy atom. The van der Waals surface area contributed by atoms with Gasteiger partial charge >= 0.3 is 5.97 Å². The molecule has 0 spiro atoms. The second-order valence-electron chi connectivity index (χ2n) is 9.55. The number of aliphatic hydroxyl groups excluding tert-OH is 2. The van der Waals surface area contributed by atoms with E-state index in [0.717, 1.165) is 56.1 Å². The highest BCUT2D eigenvalue weighted by atomic mass is 35.5. The Morgan fingerprint density at radius 3 is 2.45 bits per heavy atom. The average Bonchev–Trinajstić information content (AvgIpc) is 3.08. The van der Waals surface area contributed by atoms with Crippen LogP contribution in [0.1, 0.15) is 100 Å². The van der Waals surface area contributed by atoms with E-state index >= 15 is 0 Å². The van der Waals surface area contributed by atoms with E-state index in [4.69, 9.17) is 11.6 Å². The zero-order valence-corrected chi connectivity index (χ0v) is 19.6. The quantitative estimate of drug-likeness (QED) is 0.265. The minimum atomic E-state index is -0.416. The standard InChI is InChI=1S/C26H39ClO4/c1-31-24(29)12-8-3-2-7-11-21-22(27)17-23(28)25(21)18-13-15-20(16-14-18)26(30)19-9-5-4-6-10-19/h13-16,19,21-23,25-26,28,30H,2-12,17H2,1H3. The molecule has 2 aliphatic carbocycles. The van der Waals surface area contributed by atoms with Crippen LogP contribution in [0.25, 0.3) is 0 Å². The molecule has 0 aromatic heterocycles. The number of ether oxygens (including phenoxy) is 1. The molecule has 2 aliphatic rings. The normalized spacial score (nSPS) is 27.9. The van der Waals surface area contributed by atoms with Crippen LogP contribution in [0.3, 0.4) is 0 Å². The predicted octanol–water partition coefficient (Wildman–Crippen LogP) is 5.89. The lowest BCUT2D eigenvalue weighted by atomic mass is 9.81. The second kappa shape index (κ2) is 12.2. The van der Waals surface area contributed by atoms with Gasteiger partial charge in [0.05, 0.1) is 19.3 Å². The molecule has 0 radical (unpaired) electrons. The van der Waals surface area contributed by atoms with Gasteiger partial charge in [0.1, 0.15) is 0 Å². The van der Waals surface area contributed by atoms with Gasteiger partial charge in [-0.25, -0.2) is 0 Å². The summed E-state index contributed by atoms with van der Waals surface area (Å²) in [7, 11) is 1.43. The van der Waals surface area contributed by atoms with Crippen molar-refractivity contribution in [2.24, 2.45) is 11.8 Å². The van der Waals surface area contributed by atoms with Crippen molar-refractivity contribution < 1.29 is 19.7 Å². The number of aliphatic hydroxyl groups is 2. The van der Waals surface area contributed by atoms with Crippen LogP contribution in [-0.4, -0.2) is 34.8 Å². The Kier molecular flexibility index (Phi) is 9.68. The zero-order valence-electron chi connectivity index (χ0n) is 18.8. The third-order valence-corrected chi connectivity index (χ3v) is 7.96. The van der Waals surface area contributed by atoms with Crippen LogP contribution in [0, 0.1) is 11.8 Å². The molecule has 4 nitrogen and oxygen atoms in total. The molecule has 174 valence electrons. The van der Waals surface area contributed by atoms with E-state index in [9.17, 15) is 15.0 Å². The molecule has 5 heteroatoms. The van der Waals surface area contributed by atoms with E-state index < -0.39 is 6.10 Å². The van der Waals surface area contributed by atoms with Crippen molar-refractivity contribution in [2.75, 3.05) is 7.11 Å². The van der Waals surface area contributed by atoms with Gasteiger partial charge in [-0.15, -0.1) is 11.6 Å². The number of benzene rings is 1. The maximum absolute atomic E-state index is 11.2. The molecule has 3 rings (SSSR count). The van der Waals surface area contributed by atoms with E-state index in [0.29, 0.717) is 18.8 Å². The molecule has 0 amide bonds. The van der Waals surface area contributed by atoms with Gasteiger partial charge in [-0.3, -0.25) is 4.79 Å². The molecule has 2 fully saturated rings. The molecular formula is C26H39ClO4. The minimum absolute atomic E-state index is 0.0115. The van der Waals surface area contributed by atoms with Gasteiger partial charge in [0.25, 0.3) is 0 Å². The van der Waals surface area contributed by atoms with Crippen molar-refractivity contribution in [2.45, 2.75) is 101 Å². The summed E-state index contributed by atoms with van der Waals surface area (Å²) >= 11 is 6.64. The Morgan fingerprint density at radius 2 is 1.77 bits per heavy atom. The van der Waals surface area contributed by atoms with Crippen LogP contribution in [0.2, 0.25) is 0 Å². The summed E-state index contributed by atoms with van der Waals surface area (Å²) in [5.41, 5.74) is 2.12. The SMILES string of the molecule is COC(=O)CCCCCCC1C(Cl)CC(O)C1c1ccc(C(O)C2CCCCC2)cc1. The molecule has 0 heterocycles. The molecule has 2 N–H and O–H groups in total. The molecule has 0 bridgehead atoms. The van der Waals surface area contributed by atoms with E-state index in [2.05, 4.69) is 16.9 Å². The highest BCUT2D eigenvalue weighted by Gasteiger charge is 2.41. The third-order valence-electron chi connectivity index (χ3n) is 7.46. The van der Waals surface area contributed by atoms with Crippen molar-refractivity contribution in [3.8, 4) is 0 Å². The number of unbranched alkanes of at least 4 members (excludes halogenated alkanes) is 3. The van der Waals surface area contributed by atoms with Gasteiger partial charge in [0.2, 0.25) is 0 Å². The summed E-state index contributed by atoms with van der Waals surface area (Å²) in [4.78, 5) is 11.2. The first-order chi connectivity index (χ1) is 15.0. The van der Waals surface area contributed by atoms with Crippen molar-refractivity contribution >= 4 is 17.6 Å². The highest BCUT2D eigenvalue weighted by Crippen LogP contribution is 2.45. The Balaban J connectivity index is 1.54. The van der Waals surface area contributed by atoms with Gasteiger partial charge < -0.3 is 14.9 Å². The molecule has 2 saturated carbocycles. The van der Waals surface area contributed by atoms with Crippen LogP contribution in [0.4, 0.5) is 0 Å². The van der Waals surface area contributed by atoms with Crippen molar-refractivity contribution in [3.05, 3.63) is 35.4 Å². The van der Waals surface area contributed by atoms with Crippen molar-refractivity contribution in [3.63, 3.8) is 0 Å². The Labute approximate surface area is 192 Å². The summed E-state index contributed by atoms with van der Waals surface area (Å²) in [5, 5.41) is 21.5. The number of methoxy groups -OCH3 is 1. The van der Waals surface area contributed by atoms with Crippen LogP contribution < -0.4 is 0 Å². The first-order valence-electron chi connectivity index (χ1n) is 12.2. The second-order valence-corrected chi connectivity index (χ2v) is 10.1. The molecule has 0 aliphatic heterocycles. The summed E-state index contributed by atoms with van der Waals surface area (Å²) in [6, 6.07) is 8.28.